The van der Waals surface area contributed by atoms with Crippen LogP contribution in [-0.4, -0.2) is 20.1 Å². The van der Waals surface area contributed by atoms with Gasteiger partial charge in [-0.1, -0.05) is 36.4 Å². The summed E-state index contributed by atoms with van der Waals surface area (Å²) in [7, 11) is 0. The van der Waals surface area contributed by atoms with E-state index in [-0.39, 0.29) is 17.9 Å². The lowest BCUT2D eigenvalue weighted by Crippen LogP contribution is -2.27. The number of nitrogens with zero attached hydrogens (tertiary/aromatic N) is 3. The Hall–Kier alpha value is -3.67. The first-order chi connectivity index (χ1) is 14.9. The predicted octanol–water partition coefficient (Wildman–Crippen LogP) is 3.79. The van der Waals surface area contributed by atoms with Crippen molar-refractivity contribution in [3.05, 3.63) is 93.5 Å². The highest BCUT2D eigenvalue weighted by Gasteiger charge is 2.11. The molecule has 158 valence electrons. The first-order valence-electron chi connectivity index (χ1n) is 10.4. The number of rotatable bonds is 6. The molecule has 0 saturated heterocycles. The van der Waals surface area contributed by atoms with E-state index in [1.54, 1.807) is 27.5 Å². The molecule has 31 heavy (non-hydrogen) atoms. The zero-order chi connectivity index (χ0) is 22.0. The fourth-order valence-corrected chi connectivity index (χ4v) is 3.56. The van der Waals surface area contributed by atoms with Crippen molar-refractivity contribution < 1.29 is 4.79 Å². The van der Waals surface area contributed by atoms with Gasteiger partial charge >= 0.3 is 0 Å². The van der Waals surface area contributed by atoms with Crippen molar-refractivity contribution in [3.8, 4) is 11.3 Å². The van der Waals surface area contributed by atoms with Crippen LogP contribution in [0.4, 0.5) is 0 Å². The smallest absolute Gasteiger partial charge is 0.276 e. The fourth-order valence-electron chi connectivity index (χ4n) is 3.56. The number of hydrogen-bond acceptors (Lipinski definition) is 3. The molecule has 4 aromatic rings. The molecule has 4 rings (SSSR count). The maximum atomic E-state index is 12.9. The van der Waals surface area contributed by atoms with E-state index in [0.29, 0.717) is 18.6 Å². The topological polar surface area (TPSA) is 68.4 Å². The highest BCUT2D eigenvalue weighted by Crippen LogP contribution is 2.21. The minimum atomic E-state index is -0.156. The van der Waals surface area contributed by atoms with Gasteiger partial charge in [0.25, 0.3) is 5.56 Å². The Bertz CT molecular complexity index is 1320. The molecule has 0 saturated carbocycles. The third kappa shape index (κ3) is 4.43. The van der Waals surface area contributed by atoms with E-state index in [1.807, 2.05) is 37.3 Å². The molecule has 1 N–H and O–H groups in total. The summed E-state index contributed by atoms with van der Waals surface area (Å²) in [5, 5.41) is 7.48. The van der Waals surface area contributed by atoms with Crippen molar-refractivity contribution in [1.29, 1.82) is 0 Å². The van der Waals surface area contributed by atoms with Gasteiger partial charge in [-0.2, -0.15) is 5.10 Å². The summed E-state index contributed by atoms with van der Waals surface area (Å²) >= 11 is 0. The SMILES string of the molecule is Cc1ccc(-c2cc3c(=O)n(CCC(=O)NCc4ccccc4C)ccn3n2)cc1C. The van der Waals surface area contributed by atoms with E-state index >= 15 is 0 Å². The first-order valence-corrected chi connectivity index (χ1v) is 10.4. The van der Waals surface area contributed by atoms with Gasteiger partial charge in [0.15, 0.2) is 0 Å². The van der Waals surface area contributed by atoms with Gasteiger partial charge in [-0.05, 0) is 55.2 Å². The van der Waals surface area contributed by atoms with E-state index in [1.165, 1.54) is 11.1 Å². The normalized spacial score (nSPS) is 11.1. The van der Waals surface area contributed by atoms with Gasteiger partial charge in [0.2, 0.25) is 5.91 Å². The van der Waals surface area contributed by atoms with E-state index < -0.39 is 0 Å². The summed E-state index contributed by atoms with van der Waals surface area (Å²) in [5.74, 6) is -0.0839. The molecule has 0 aliphatic heterocycles. The lowest BCUT2D eigenvalue weighted by molar-refractivity contribution is -0.121. The van der Waals surface area contributed by atoms with E-state index in [4.69, 9.17) is 0 Å². The largest absolute Gasteiger partial charge is 0.352 e. The molecule has 0 aliphatic rings. The van der Waals surface area contributed by atoms with Gasteiger partial charge in [-0.3, -0.25) is 9.59 Å². The Labute approximate surface area is 181 Å². The van der Waals surface area contributed by atoms with Crippen LogP contribution in [0.3, 0.4) is 0 Å². The first kappa shape index (κ1) is 20.6. The number of aryl methyl sites for hydroxylation is 4. The molecule has 0 bridgehead atoms. The third-order valence-corrected chi connectivity index (χ3v) is 5.72. The number of carbonyl (C=O) groups excluding carboxylic acids is 1. The maximum absolute atomic E-state index is 12.9. The maximum Gasteiger partial charge on any atom is 0.276 e. The molecule has 0 unspecified atom stereocenters. The molecule has 2 aromatic heterocycles. The van der Waals surface area contributed by atoms with Crippen molar-refractivity contribution in [3.63, 3.8) is 0 Å². The van der Waals surface area contributed by atoms with Gasteiger partial charge in [0.05, 0.1) is 5.69 Å². The Balaban J connectivity index is 1.46. The van der Waals surface area contributed by atoms with Crippen molar-refractivity contribution >= 4 is 11.4 Å². The van der Waals surface area contributed by atoms with E-state index in [0.717, 1.165) is 22.4 Å². The fraction of sp³-hybridized carbons (Fsp3) is 0.240. The number of nitrogens with one attached hydrogen (secondary N) is 1. The Kier molecular flexibility index (Phi) is 5.71. The molecule has 0 spiro atoms. The third-order valence-electron chi connectivity index (χ3n) is 5.72. The number of hydrogen-bond donors (Lipinski definition) is 1. The molecule has 1 amide bonds. The van der Waals surface area contributed by atoms with Crippen molar-refractivity contribution in [1.82, 2.24) is 19.5 Å². The quantitative estimate of drug-likeness (QED) is 0.522. The Morgan fingerprint density at radius 1 is 0.968 bits per heavy atom. The number of amides is 1. The summed E-state index contributed by atoms with van der Waals surface area (Å²) in [4.78, 5) is 25.2. The molecule has 6 heteroatoms. The van der Waals surface area contributed by atoms with Crippen LogP contribution in [0.15, 0.2) is 65.7 Å². The van der Waals surface area contributed by atoms with E-state index in [9.17, 15) is 9.59 Å². The molecule has 2 heterocycles. The van der Waals surface area contributed by atoms with Gasteiger partial charge in [0, 0.05) is 37.5 Å². The van der Waals surface area contributed by atoms with Crippen molar-refractivity contribution in [2.24, 2.45) is 0 Å². The van der Waals surface area contributed by atoms with Crippen LogP contribution in [0.5, 0.6) is 0 Å². The van der Waals surface area contributed by atoms with Gasteiger partial charge in [-0.15, -0.1) is 0 Å². The van der Waals surface area contributed by atoms with Crippen molar-refractivity contribution in [2.75, 3.05) is 0 Å². The monoisotopic (exact) mass is 414 g/mol. The van der Waals surface area contributed by atoms with E-state index in [2.05, 4.69) is 36.4 Å². The van der Waals surface area contributed by atoms with Crippen LogP contribution < -0.4 is 10.9 Å². The van der Waals surface area contributed by atoms with Gasteiger partial charge in [0.1, 0.15) is 5.52 Å². The molecular weight excluding hydrogens is 388 g/mol. The van der Waals surface area contributed by atoms with Gasteiger partial charge < -0.3 is 9.88 Å². The number of aromatic nitrogens is 3. The highest BCUT2D eigenvalue weighted by molar-refractivity contribution is 5.75. The summed E-state index contributed by atoms with van der Waals surface area (Å²) in [6.07, 6.45) is 3.67. The van der Waals surface area contributed by atoms with Crippen LogP contribution in [-0.2, 0) is 17.9 Å². The van der Waals surface area contributed by atoms with Crippen LogP contribution in [0.1, 0.15) is 28.7 Å². The number of benzene rings is 2. The minimum absolute atomic E-state index is 0.0839. The molecule has 0 fully saturated rings. The summed E-state index contributed by atoms with van der Waals surface area (Å²) in [6.45, 7) is 6.96. The molecule has 0 radical (unpaired) electrons. The number of carbonyl (C=O) groups is 1. The summed E-state index contributed by atoms with van der Waals surface area (Å²) < 4.78 is 3.16. The Morgan fingerprint density at radius 2 is 1.77 bits per heavy atom. The summed E-state index contributed by atoms with van der Waals surface area (Å²) in [6, 6.07) is 15.9. The predicted molar refractivity (Wildman–Crippen MR) is 122 cm³/mol. The average molecular weight is 415 g/mol. The van der Waals surface area contributed by atoms with Crippen LogP contribution in [0.25, 0.3) is 16.8 Å². The molecule has 0 atom stereocenters. The lowest BCUT2D eigenvalue weighted by Gasteiger charge is -2.09. The molecule has 6 nitrogen and oxygen atoms in total. The second-order valence-electron chi connectivity index (χ2n) is 7.91. The lowest BCUT2D eigenvalue weighted by atomic mass is 10.0. The van der Waals surface area contributed by atoms with Crippen LogP contribution in [0.2, 0.25) is 0 Å². The highest BCUT2D eigenvalue weighted by atomic mass is 16.1. The number of fused-ring (bicyclic) bond motifs is 1. The van der Waals surface area contributed by atoms with Crippen molar-refractivity contribution in [2.45, 2.75) is 40.3 Å². The standard InChI is InChI=1S/C25H26N4O2/c1-17-8-9-20(14-19(17)3)22-15-23-25(31)28(12-13-29(23)27-22)11-10-24(30)26-16-21-7-5-4-6-18(21)2/h4-9,12-15H,10-11,16H2,1-3H3,(H,26,30). The van der Waals surface area contributed by atoms with Crippen LogP contribution in [0, 0.1) is 20.8 Å². The second kappa shape index (κ2) is 8.60. The van der Waals surface area contributed by atoms with Crippen LogP contribution >= 0.6 is 0 Å². The summed E-state index contributed by atoms with van der Waals surface area (Å²) in [5.41, 5.74) is 6.71. The van der Waals surface area contributed by atoms with Gasteiger partial charge in [-0.25, -0.2) is 4.52 Å². The molecule has 0 aliphatic carbocycles. The zero-order valence-corrected chi connectivity index (χ0v) is 18.1. The second-order valence-corrected chi connectivity index (χ2v) is 7.91. The molecule has 2 aromatic carbocycles. The minimum Gasteiger partial charge on any atom is -0.352 e. The zero-order valence-electron chi connectivity index (χ0n) is 18.1. The molecular formula is C25H26N4O2. The average Bonchev–Trinajstić information content (AvgIpc) is 3.20. The Morgan fingerprint density at radius 3 is 2.55 bits per heavy atom.